The second-order valence-corrected chi connectivity index (χ2v) is 13.8. The largest absolute Gasteiger partial charge is 0.460 e. The Hall–Kier alpha value is -5.40. The van der Waals surface area contributed by atoms with E-state index in [-0.39, 0.29) is 44.6 Å². The highest BCUT2D eigenvalue weighted by atomic mass is 19.1. The highest BCUT2D eigenvalue weighted by Crippen LogP contribution is 2.41. The van der Waals surface area contributed by atoms with Crippen LogP contribution in [0.25, 0.3) is 11.1 Å². The Bertz CT molecular complexity index is 1850. The highest BCUT2D eigenvalue weighted by molar-refractivity contribution is 5.84. The van der Waals surface area contributed by atoms with Crippen molar-refractivity contribution in [2.45, 2.75) is 58.8 Å². The number of benzene rings is 3. The summed E-state index contributed by atoms with van der Waals surface area (Å²) >= 11 is 0. The van der Waals surface area contributed by atoms with Gasteiger partial charge in [0.05, 0.1) is 12.1 Å². The zero-order valence-electron chi connectivity index (χ0n) is 30.2. The van der Waals surface area contributed by atoms with Gasteiger partial charge in [-0.3, -0.25) is 19.2 Å². The van der Waals surface area contributed by atoms with Gasteiger partial charge in [-0.05, 0) is 47.2 Å². The van der Waals surface area contributed by atoms with Gasteiger partial charge in [-0.2, -0.15) is 0 Å². The van der Waals surface area contributed by atoms with Crippen LogP contribution in [0.4, 0.5) is 8.78 Å². The van der Waals surface area contributed by atoms with E-state index in [2.05, 4.69) is 10.6 Å². The minimum Gasteiger partial charge on any atom is -0.460 e. The molecule has 3 aromatic carbocycles. The number of nitrogens with zero attached hydrogens (tertiary/aromatic N) is 2. The number of halogens is 2. The molecule has 11 nitrogen and oxygen atoms in total. The Kier molecular flexibility index (Phi) is 14.4. The maximum Gasteiger partial charge on any atom is 0.325 e. The summed E-state index contributed by atoms with van der Waals surface area (Å²) in [5, 5.41) is 15.1. The molecule has 0 bridgehead atoms. The summed E-state index contributed by atoms with van der Waals surface area (Å²) < 4.78 is 36.3. The fourth-order valence-corrected chi connectivity index (χ4v) is 5.99. The minimum atomic E-state index is -1.08. The monoisotopic (exact) mass is 731 g/mol. The molecule has 0 aliphatic rings. The molecule has 0 spiro atoms. The third kappa shape index (κ3) is 11.8. The summed E-state index contributed by atoms with van der Waals surface area (Å²) in [6.07, 6.45) is 1.61. The van der Waals surface area contributed by atoms with Gasteiger partial charge < -0.3 is 35.7 Å². The molecule has 3 amide bonds. The molecule has 2 atom stereocenters. The van der Waals surface area contributed by atoms with E-state index in [0.717, 1.165) is 29.3 Å². The lowest BCUT2D eigenvalue weighted by Crippen LogP contribution is -2.48. The van der Waals surface area contributed by atoms with Crippen LogP contribution in [0.15, 0.2) is 91.1 Å². The van der Waals surface area contributed by atoms with Crippen LogP contribution in [0, 0.1) is 17.0 Å². The first-order valence-electron chi connectivity index (χ1n) is 17.4. The van der Waals surface area contributed by atoms with E-state index in [1.165, 1.54) is 4.90 Å². The number of hydrogen-bond donors (Lipinski definition) is 4. The zero-order chi connectivity index (χ0) is 38.5. The summed E-state index contributed by atoms with van der Waals surface area (Å²) in [5.41, 5.74) is 8.40. The molecule has 5 N–H and O–H groups in total. The summed E-state index contributed by atoms with van der Waals surface area (Å²) in [6.45, 7) is 4.97. The molecule has 13 heteroatoms. The van der Waals surface area contributed by atoms with Gasteiger partial charge in [0.15, 0.2) is 0 Å². The summed E-state index contributed by atoms with van der Waals surface area (Å²) in [6, 6.07) is 21.8. The van der Waals surface area contributed by atoms with E-state index < -0.39 is 59.4 Å². The smallest absolute Gasteiger partial charge is 0.325 e. The highest BCUT2D eigenvalue weighted by Gasteiger charge is 2.37. The second-order valence-electron chi connectivity index (χ2n) is 13.8. The molecule has 0 saturated carbocycles. The van der Waals surface area contributed by atoms with Crippen molar-refractivity contribution < 1.29 is 37.8 Å². The number of esters is 1. The van der Waals surface area contributed by atoms with Crippen molar-refractivity contribution in [2.75, 3.05) is 26.2 Å². The molecule has 282 valence electrons. The van der Waals surface area contributed by atoms with E-state index in [9.17, 15) is 28.7 Å². The number of nitrogens with one attached hydrogen (secondary N) is 2. The van der Waals surface area contributed by atoms with Gasteiger partial charge in [0.25, 0.3) is 0 Å². The van der Waals surface area contributed by atoms with Gasteiger partial charge in [-0.15, -0.1) is 0 Å². The third-order valence-corrected chi connectivity index (χ3v) is 8.57. The maximum absolute atomic E-state index is 15.0. The predicted octanol–water partition coefficient (Wildman–Crippen LogP) is 4.47. The first kappa shape index (κ1) is 40.4. The standard InChI is InChI=1S/C40H47F2N5O6/c1-40(2,3)38(34-20-29(31-21-30(41)14-15-32(31)42)24-46(34)23-27-10-6-4-7-11-27)47(36(50)25-48)19-17-33(43)39(52)44-18-16-35(49)45-22-37(51)53-26-28-12-8-5-9-13-28/h4-15,20-21,24,33,38,48H,16-19,22-23,25-26,43H2,1-3H3,(H,44,52)(H,45,49)/t33-,38-/m0/s1. The number of rotatable bonds is 17. The number of ether oxygens (including phenoxy) is 1. The quantitative estimate of drug-likeness (QED) is 0.117. The van der Waals surface area contributed by atoms with Gasteiger partial charge in [0.2, 0.25) is 17.7 Å². The molecular weight excluding hydrogens is 684 g/mol. The van der Waals surface area contributed by atoms with Gasteiger partial charge in [-0.1, -0.05) is 81.4 Å². The molecule has 1 heterocycles. The lowest BCUT2D eigenvalue weighted by molar-refractivity contribution is -0.145. The van der Waals surface area contributed by atoms with Crippen LogP contribution >= 0.6 is 0 Å². The summed E-state index contributed by atoms with van der Waals surface area (Å²) in [5.74, 6) is -3.45. The van der Waals surface area contributed by atoms with Crippen LogP contribution in [0.2, 0.25) is 0 Å². The van der Waals surface area contributed by atoms with Crippen molar-refractivity contribution in [2.24, 2.45) is 11.1 Å². The van der Waals surface area contributed by atoms with E-state index in [4.69, 9.17) is 10.5 Å². The average Bonchev–Trinajstić information content (AvgIpc) is 3.54. The van der Waals surface area contributed by atoms with Gasteiger partial charge in [0.1, 0.15) is 31.4 Å². The summed E-state index contributed by atoms with van der Waals surface area (Å²) in [7, 11) is 0. The number of carbonyl (C=O) groups is 4. The molecule has 1 aromatic heterocycles. The van der Waals surface area contributed by atoms with Crippen molar-refractivity contribution in [3.8, 4) is 11.1 Å². The van der Waals surface area contributed by atoms with Crippen LogP contribution in [-0.4, -0.2) is 70.5 Å². The van der Waals surface area contributed by atoms with Gasteiger partial charge in [0, 0.05) is 49.1 Å². The molecule has 0 radical (unpaired) electrons. The fourth-order valence-electron chi connectivity index (χ4n) is 5.99. The first-order valence-corrected chi connectivity index (χ1v) is 17.4. The normalized spacial score (nSPS) is 12.4. The molecule has 53 heavy (non-hydrogen) atoms. The Morgan fingerprint density at radius 3 is 2.23 bits per heavy atom. The minimum absolute atomic E-state index is 0.00831. The maximum atomic E-state index is 15.0. The Balaban J connectivity index is 1.43. The topological polar surface area (TPSA) is 156 Å². The molecule has 0 aliphatic carbocycles. The second kappa shape index (κ2) is 18.9. The van der Waals surface area contributed by atoms with E-state index in [1.54, 1.807) is 12.3 Å². The molecule has 4 aromatic rings. The van der Waals surface area contributed by atoms with Crippen LogP contribution < -0.4 is 16.4 Å². The predicted molar refractivity (Wildman–Crippen MR) is 196 cm³/mol. The Labute approximate surface area is 308 Å². The fraction of sp³-hybridized carbons (Fsp3) is 0.350. The number of nitrogens with two attached hydrogens (primary N) is 1. The van der Waals surface area contributed by atoms with Crippen molar-refractivity contribution in [3.05, 3.63) is 120 Å². The van der Waals surface area contributed by atoms with E-state index in [0.29, 0.717) is 17.8 Å². The first-order chi connectivity index (χ1) is 25.3. The molecule has 0 saturated heterocycles. The van der Waals surface area contributed by atoms with Crippen molar-refractivity contribution in [3.63, 3.8) is 0 Å². The average molecular weight is 732 g/mol. The van der Waals surface area contributed by atoms with Crippen molar-refractivity contribution in [1.29, 1.82) is 0 Å². The van der Waals surface area contributed by atoms with Gasteiger partial charge in [-0.25, -0.2) is 8.78 Å². The number of amides is 3. The molecular formula is C40H47F2N5O6. The molecule has 4 rings (SSSR count). The third-order valence-electron chi connectivity index (χ3n) is 8.57. The summed E-state index contributed by atoms with van der Waals surface area (Å²) in [4.78, 5) is 52.0. The van der Waals surface area contributed by atoms with Crippen molar-refractivity contribution >= 4 is 23.7 Å². The SMILES string of the molecule is CC(C)(C)[C@H](c1cc(-c2cc(F)ccc2F)cn1Cc1ccccc1)N(CC[C@H](N)C(=O)NCCC(=O)NCC(=O)OCc1ccccc1)C(=O)CO. The van der Waals surface area contributed by atoms with Crippen LogP contribution in [0.5, 0.6) is 0 Å². The lowest BCUT2D eigenvalue weighted by atomic mass is 9.82. The Morgan fingerprint density at radius 1 is 0.925 bits per heavy atom. The number of hydrogen-bond acceptors (Lipinski definition) is 7. The van der Waals surface area contributed by atoms with Crippen LogP contribution in [0.3, 0.4) is 0 Å². The van der Waals surface area contributed by atoms with E-state index in [1.807, 2.05) is 86.0 Å². The number of aromatic nitrogens is 1. The zero-order valence-corrected chi connectivity index (χ0v) is 30.2. The molecule has 0 fully saturated rings. The van der Waals surface area contributed by atoms with Crippen LogP contribution in [-0.2, 0) is 37.1 Å². The number of aliphatic hydroxyl groups excluding tert-OH is 1. The molecule has 0 unspecified atom stereocenters. The van der Waals surface area contributed by atoms with Crippen LogP contribution in [0.1, 0.15) is 56.5 Å². The van der Waals surface area contributed by atoms with E-state index >= 15 is 4.39 Å². The number of carbonyl (C=O) groups excluding carboxylic acids is 4. The Morgan fingerprint density at radius 2 is 1.58 bits per heavy atom. The van der Waals surface area contributed by atoms with Gasteiger partial charge >= 0.3 is 5.97 Å². The molecule has 0 aliphatic heterocycles. The lowest BCUT2D eigenvalue weighted by Gasteiger charge is -2.41. The van der Waals surface area contributed by atoms with Crippen molar-refractivity contribution in [1.82, 2.24) is 20.1 Å². The number of aliphatic hydroxyl groups is 1.